The van der Waals surface area contributed by atoms with Crippen LogP contribution in [0.1, 0.15) is 38.2 Å². The van der Waals surface area contributed by atoms with Gasteiger partial charge < -0.3 is 10.6 Å². The van der Waals surface area contributed by atoms with Crippen LogP contribution in [0.5, 0.6) is 0 Å². The van der Waals surface area contributed by atoms with E-state index >= 15 is 0 Å². The molecule has 6 heteroatoms. The maximum atomic E-state index is 13.7. The van der Waals surface area contributed by atoms with Gasteiger partial charge in [-0.1, -0.05) is 13.0 Å². The smallest absolute Gasteiger partial charge is 0.191 e. The number of hydrogen-bond donors (Lipinski definition) is 2. The number of benzene rings is 1. The molecule has 0 aromatic heterocycles. The molecule has 3 atom stereocenters. The van der Waals surface area contributed by atoms with Crippen molar-refractivity contribution in [2.75, 3.05) is 7.05 Å². The lowest BCUT2D eigenvalue weighted by Crippen LogP contribution is -2.43. The Morgan fingerprint density at radius 3 is 2.52 bits per heavy atom. The van der Waals surface area contributed by atoms with Gasteiger partial charge in [0.05, 0.1) is 0 Å². The fraction of sp³-hybridized carbons (Fsp3) is 0.533. The summed E-state index contributed by atoms with van der Waals surface area (Å²) >= 11 is 0. The molecule has 0 spiro atoms. The first-order valence-corrected chi connectivity index (χ1v) is 7.00. The van der Waals surface area contributed by atoms with Gasteiger partial charge in [-0.2, -0.15) is 0 Å². The average Bonchev–Trinajstić information content (AvgIpc) is 3.16. The van der Waals surface area contributed by atoms with Crippen LogP contribution in [0.25, 0.3) is 0 Å². The summed E-state index contributed by atoms with van der Waals surface area (Å²) in [6.07, 6.45) is 1.70. The first kappa shape index (κ1) is 18.1. The van der Waals surface area contributed by atoms with Gasteiger partial charge in [0.2, 0.25) is 0 Å². The Bertz CT molecular complexity index is 487. The highest BCUT2D eigenvalue weighted by Crippen LogP contribution is 2.42. The molecule has 3 unspecified atom stereocenters. The van der Waals surface area contributed by atoms with E-state index in [9.17, 15) is 8.78 Å². The zero-order valence-electron chi connectivity index (χ0n) is 12.5. The van der Waals surface area contributed by atoms with Crippen LogP contribution in [0.3, 0.4) is 0 Å². The van der Waals surface area contributed by atoms with Crippen molar-refractivity contribution in [3.05, 3.63) is 35.4 Å². The standard InChI is InChI=1S/C15H21F2N3.HI/c1-4-9(2)19-15(18-3)20-13-8-10(13)14-11(16)6-5-7-12(14)17;/h5-7,9-10,13H,4,8H2,1-3H3,(H2,18,19,20);1H. The van der Waals surface area contributed by atoms with Crippen LogP contribution in [0.15, 0.2) is 23.2 Å². The van der Waals surface area contributed by atoms with E-state index in [1.807, 2.05) is 0 Å². The summed E-state index contributed by atoms with van der Waals surface area (Å²) in [5.41, 5.74) is 0.184. The summed E-state index contributed by atoms with van der Waals surface area (Å²) in [7, 11) is 1.69. The van der Waals surface area contributed by atoms with E-state index in [-0.39, 0.29) is 41.5 Å². The number of hydrogen-bond acceptors (Lipinski definition) is 1. The molecule has 2 N–H and O–H groups in total. The minimum Gasteiger partial charge on any atom is -0.354 e. The van der Waals surface area contributed by atoms with Gasteiger partial charge in [-0.15, -0.1) is 24.0 Å². The van der Waals surface area contributed by atoms with Crippen molar-refractivity contribution in [3.63, 3.8) is 0 Å². The second-order valence-corrected chi connectivity index (χ2v) is 5.25. The molecule has 1 aromatic rings. The third-order valence-corrected chi connectivity index (χ3v) is 3.70. The van der Waals surface area contributed by atoms with Gasteiger partial charge in [0, 0.05) is 30.6 Å². The van der Waals surface area contributed by atoms with E-state index in [0.29, 0.717) is 12.0 Å². The Balaban J connectivity index is 0.00000220. The summed E-state index contributed by atoms with van der Waals surface area (Å²) in [5.74, 6) is -0.372. The molecule has 1 aliphatic carbocycles. The monoisotopic (exact) mass is 409 g/mol. The maximum Gasteiger partial charge on any atom is 0.191 e. The van der Waals surface area contributed by atoms with Gasteiger partial charge in [0.1, 0.15) is 11.6 Å². The van der Waals surface area contributed by atoms with Gasteiger partial charge >= 0.3 is 0 Å². The van der Waals surface area contributed by atoms with Crippen LogP contribution >= 0.6 is 24.0 Å². The number of rotatable bonds is 4. The van der Waals surface area contributed by atoms with Crippen LogP contribution in [0, 0.1) is 11.6 Å². The normalized spacial score (nSPS) is 22.2. The Hall–Kier alpha value is -0.920. The lowest BCUT2D eigenvalue weighted by atomic mass is 10.1. The van der Waals surface area contributed by atoms with E-state index in [4.69, 9.17) is 0 Å². The van der Waals surface area contributed by atoms with Gasteiger partial charge in [-0.3, -0.25) is 4.99 Å². The van der Waals surface area contributed by atoms with Gasteiger partial charge in [-0.05, 0) is 31.9 Å². The van der Waals surface area contributed by atoms with Crippen LogP contribution < -0.4 is 10.6 Å². The van der Waals surface area contributed by atoms with Crippen LogP contribution in [0.4, 0.5) is 8.78 Å². The van der Waals surface area contributed by atoms with Gasteiger partial charge in [0.25, 0.3) is 0 Å². The highest BCUT2D eigenvalue weighted by Gasteiger charge is 2.42. The Labute approximate surface area is 141 Å². The predicted octanol–water partition coefficient (Wildman–Crippen LogP) is 3.40. The number of nitrogens with one attached hydrogen (secondary N) is 2. The van der Waals surface area contributed by atoms with Gasteiger partial charge in [0.15, 0.2) is 5.96 Å². The predicted molar refractivity (Wildman–Crippen MR) is 92.3 cm³/mol. The summed E-state index contributed by atoms with van der Waals surface area (Å²) in [5, 5.41) is 6.45. The first-order valence-electron chi connectivity index (χ1n) is 7.00. The van der Waals surface area contributed by atoms with E-state index in [2.05, 4.69) is 29.5 Å². The molecule has 0 bridgehead atoms. The molecule has 0 heterocycles. The molecular formula is C15H22F2IN3. The topological polar surface area (TPSA) is 36.4 Å². The molecular weight excluding hydrogens is 387 g/mol. The third kappa shape index (κ3) is 4.52. The van der Waals surface area contributed by atoms with E-state index in [1.165, 1.54) is 18.2 Å². The zero-order chi connectivity index (χ0) is 14.7. The Morgan fingerprint density at radius 1 is 1.38 bits per heavy atom. The van der Waals surface area contributed by atoms with Crippen molar-refractivity contribution in [2.45, 2.75) is 44.7 Å². The Morgan fingerprint density at radius 2 is 2.00 bits per heavy atom. The van der Waals surface area contributed by atoms with E-state index < -0.39 is 11.6 Å². The zero-order valence-corrected chi connectivity index (χ0v) is 14.8. The van der Waals surface area contributed by atoms with Gasteiger partial charge in [-0.25, -0.2) is 8.78 Å². The van der Waals surface area contributed by atoms with Crippen molar-refractivity contribution in [2.24, 2.45) is 4.99 Å². The fourth-order valence-electron chi connectivity index (χ4n) is 2.22. The number of guanidine groups is 1. The maximum absolute atomic E-state index is 13.7. The van der Waals surface area contributed by atoms with Crippen molar-refractivity contribution in [3.8, 4) is 0 Å². The molecule has 21 heavy (non-hydrogen) atoms. The van der Waals surface area contributed by atoms with Crippen LogP contribution in [-0.4, -0.2) is 25.1 Å². The highest BCUT2D eigenvalue weighted by atomic mass is 127. The lowest BCUT2D eigenvalue weighted by molar-refractivity contribution is 0.553. The van der Waals surface area contributed by atoms with Crippen molar-refractivity contribution < 1.29 is 8.78 Å². The minimum absolute atomic E-state index is 0. The van der Waals surface area contributed by atoms with Crippen LogP contribution in [0.2, 0.25) is 0 Å². The van der Waals surface area contributed by atoms with Crippen molar-refractivity contribution in [1.82, 2.24) is 10.6 Å². The third-order valence-electron chi connectivity index (χ3n) is 3.70. The summed E-state index contributed by atoms with van der Waals surface area (Å²) < 4.78 is 27.4. The number of halogens is 3. The lowest BCUT2D eigenvalue weighted by Gasteiger charge is -2.16. The number of aliphatic imine (C=N–C) groups is 1. The quantitative estimate of drug-likeness (QED) is 0.455. The van der Waals surface area contributed by atoms with E-state index in [1.54, 1.807) is 7.05 Å². The van der Waals surface area contributed by atoms with E-state index in [0.717, 1.165) is 12.8 Å². The molecule has 0 saturated heterocycles. The Kier molecular flexibility index (Phi) is 6.83. The highest BCUT2D eigenvalue weighted by molar-refractivity contribution is 14.0. The molecule has 0 radical (unpaired) electrons. The molecule has 0 aliphatic heterocycles. The molecule has 1 fully saturated rings. The van der Waals surface area contributed by atoms with Crippen molar-refractivity contribution in [1.29, 1.82) is 0 Å². The summed E-state index contributed by atoms with van der Waals surface area (Å²) in [4.78, 5) is 4.14. The van der Waals surface area contributed by atoms with Crippen LogP contribution in [-0.2, 0) is 0 Å². The molecule has 1 aliphatic rings. The molecule has 1 aromatic carbocycles. The second-order valence-electron chi connectivity index (χ2n) is 5.25. The molecule has 3 nitrogen and oxygen atoms in total. The minimum atomic E-state index is -0.468. The number of nitrogens with zero attached hydrogens (tertiary/aromatic N) is 1. The first-order chi connectivity index (χ1) is 9.56. The second kappa shape index (κ2) is 7.91. The summed E-state index contributed by atoms with van der Waals surface area (Å²) in [6.45, 7) is 4.15. The van der Waals surface area contributed by atoms with Crippen molar-refractivity contribution >= 4 is 29.9 Å². The molecule has 2 rings (SSSR count). The SMILES string of the molecule is CCC(C)NC(=NC)NC1CC1c1c(F)cccc1F.I. The molecule has 1 saturated carbocycles. The largest absolute Gasteiger partial charge is 0.354 e. The average molecular weight is 409 g/mol. The molecule has 0 amide bonds. The molecule has 118 valence electrons. The summed E-state index contributed by atoms with van der Waals surface area (Å²) in [6, 6.07) is 4.35. The fourth-order valence-corrected chi connectivity index (χ4v) is 2.22.